The predicted octanol–water partition coefficient (Wildman–Crippen LogP) is 0.310. The van der Waals surface area contributed by atoms with Gasteiger partial charge in [-0.2, -0.15) is 0 Å². The van der Waals surface area contributed by atoms with Crippen LogP contribution in [0.15, 0.2) is 12.4 Å². The van der Waals surface area contributed by atoms with E-state index < -0.39 is 0 Å². The molecule has 17 heavy (non-hydrogen) atoms. The number of anilines is 1. The van der Waals surface area contributed by atoms with Crippen molar-refractivity contribution in [2.75, 3.05) is 25.9 Å². The summed E-state index contributed by atoms with van der Waals surface area (Å²) in [5.74, 6) is 0.0710. The Morgan fingerprint density at radius 3 is 3.12 bits per heavy atom. The Morgan fingerprint density at radius 1 is 1.65 bits per heavy atom. The maximum atomic E-state index is 12.0. The molecule has 92 valence electrons. The molecule has 1 atom stereocenters. The van der Waals surface area contributed by atoms with Crippen molar-refractivity contribution >= 4 is 11.7 Å². The number of aromatic nitrogens is 2. The van der Waals surface area contributed by atoms with Crippen LogP contribution in [0.25, 0.3) is 0 Å². The molecule has 0 aliphatic carbocycles. The molecule has 1 aromatic heterocycles. The fourth-order valence-corrected chi connectivity index (χ4v) is 1.86. The van der Waals surface area contributed by atoms with E-state index in [0.717, 1.165) is 19.4 Å². The summed E-state index contributed by atoms with van der Waals surface area (Å²) >= 11 is 0. The highest BCUT2D eigenvalue weighted by atomic mass is 16.5. The van der Waals surface area contributed by atoms with Gasteiger partial charge in [-0.3, -0.25) is 9.78 Å². The molecule has 6 heteroatoms. The summed E-state index contributed by atoms with van der Waals surface area (Å²) in [6, 6.07) is 0. The van der Waals surface area contributed by atoms with Crippen LogP contribution in [0.2, 0.25) is 0 Å². The molecule has 2 rings (SSSR count). The number of carbonyl (C=O) groups excluding carboxylic acids is 1. The average Bonchev–Trinajstić information content (AvgIpc) is 2.80. The monoisotopic (exact) mass is 236 g/mol. The van der Waals surface area contributed by atoms with Gasteiger partial charge in [-0.05, 0) is 12.8 Å². The number of hydrogen-bond acceptors (Lipinski definition) is 5. The first-order chi connectivity index (χ1) is 8.16. The molecule has 1 aromatic rings. The summed E-state index contributed by atoms with van der Waals surface area (Å²) in [7, 11) is 1.73. The third-order valence-corrected chi connectivity index (χ3v) is 2.72. The highest BCUT2D eigenvalue weighted by molar-refractivity contribution is 5.92. The zero-order valence-corrected chi connectivity index (χ0v) is 9.80. The van der Waals surface area contributed by atoms with Crippen LogP contribution in [0.1, 0.15) is 23.3 Å². The van der Waals surface area contributed by atoms with E-state index >= 15 is 0 Å². The second-order valence-corrected chi connectivity index (χ2v) is 4.15. The topological polar surface area (TPSA) is 81.3 Å². The minimum absolute atomic E-state index is 0.137. The number of ether oxygens (including phenoxy) is 1. The van der Waals surface area contributed by atoms with Gasteiger partial charge in [-0.15, -0.1) is 0 Å². The van der Waals surface area contributed by atoms with Crippen LogP contribution < -0.4 is 5.73 Å². The summed E-state index contributed by atoms with van der Waals surface area (Å²) in [6.07, 6.45) is 5.03. The number of nitrogen functional groups attached to an aromatic ring is 1. The number of amides is 1. The van der Waals surface area contributed by atoms with Crippen LogP contribution >= 0.6 is 0 Å². The number of nitrogens with zero attached hydrogens (tertiary/aromatic N) is 3. The molecule has 2 N–H and O–H groups in total. The first-order valence-corrected chi connectivity index (χ1v) is 5.61. The summed E-state index contributed by atoms with van der Waals surface area (Å²) in [4.78, 5) is 21.4. The molecule has 6 nitrogen and oxygen atoms in total. The van der Waals surface area contributed by atoms with E-state index in [4.69, 9.17) is 10.5 Å². The number of likely N-dealkylation sites (N-methyl/N-ethyl adjacent to an activating group) is 1. The largest absolute Gasteiger partial charge is 0.382 e. The Balaban J connectivity index is 1.98. The average molecular weight is 236 g/mol. The lowest BCUT2D eigenvalue weighted by Gasteiger charge is -2.20. The number of rotatable bonds is 3. The van der Waals surface area contributed by atoms with Crippen molar-refractivity contribution in [2.45, 2.75) is 18.9 Å². The zero-order valence-electron chi connectivity index (χ0n) is 9.80. The van der Waals surface area contributed by atoms with E-state index in [-0.39, 0.29) is 23.5 Å². The molecule has 1 fully saturated rings. The predicted molar refractivity (Wildman–Crippen MR) is 62.4 cm³/mol. The minimum Gasteiger partial charge on any atom is -0.382 e. The summed E-state index contributed by atoms with van der Waals surface area (Å²) in [5.41, 5.74) is 5.76. The Bertz CT molecular complexity index is 404. The molecule has 0 saturated carbocycles. The second-order valence-electron chi connectivity index (χ2n) is 4.15. The lowest BCUT2D eigenvalue weighted by atomic mass is 10.2. The van der Waals surface area contributed by atoms with E-state index in [1.807, 2.05) is 0 Å². The molecule has 0 radical (unpaired) electrons. The Morgan fingerprint density at radius 2 is 2.47 bits per heavy atom. The van der Waals surface area contributed by atoms with Gasteiger partial charge in [0.1, 0.15) is 11.5 Å². The van der Waals surface area contributed by atoms with Gasteiger partial charge in [0, 0.05) is 20.2 Å². The Labute approximate surface area is 99.8 Å². The molecule has 0 aromatic carbocycles. The molecule has 2 heterocycles. The Kier molecular flexibility index (Phi) is 3.53. The van der Waals surface area contributed by atoms with Gasteiger partial charge < -0.3 is 15.4 Å². The molecule has 0 spiro atoms. The molecule has 1 amide bonds. The van der Waals surface area contributed by atoms with Crippen molar-refractivity contribution in [3.63, 3.8) is 0 Å². The summed E-state index contributed by atoms with van der Waals surface area (Å²) in [5, 5.41) is 0. The number of hydrogen-bond donors (Lipinski definition) is 1. The fraction of sp³-hybridized carbons (Fsp3) is 0.545. The Hall–Kier alpha value is -1.69. The molecular formula is C11H16N4O2. The normalized spacial score (nSPS) is 19.2. The van der Waals surface area contributed by atoms with Crippen molar-refractivity contribution in [3.05, 3.63) is 18.1 Å². The van der Waals surface area contributed by atoms with Crippen molar-refractivity contribution < 1.29 is 9.53 Å². The molecule has 1 aliphatic rings. The highest BCUT2D eigenvalue weighted by Crippen LogP contribution is 2.13. The molecule has 1 saturated heterocycles. The van der Waals surface area contributed by atoms with Crippen molar-refractivity contribution in [1.29, 1.82) is 0 Å². The molecule has 0 bridgehead atoms. The van der Waals surface area contributed by atoms with Crippen LogP contribution in [-0.2, 0) is 4.74 Å². The SMILES string of the molecule is CN(CC1CCCO1)C(=O)c1cncc(N)n1. The van der Waals surface area contributed by atoms with E-state index in [2.05, 4.69) is 9.97 Å². The number of carbonyl (C=O) groups is 1. The first-order valence-electron chi connectivity index (χ1n) is 5.61. The van der Waals surface area contributed by atoms with E-state index in [1.165, 1.54) is 12.4 Å². The molecule has 1 unspecified atom stereocenters. The van der Waals surface area contributed by atoms with Gasteiger partial charge in [0.2, 0.25) is 0 Å². The van der Waals surface area contributed by atoms with Crippen molar-refractivity contribution in [3.8, 4) is 0 Å². The quantitative estimate of drug-likeness (QED) is 0.816. The van der Waals surface area contributed by atoms with Crippen molar-refractivity contribution in [1.82, 2.24) is 14.9 Å². The lowest BCUT2D eigenvalue weighted by Crippen LogP contribution is -2.34. The van der Waals surface area contributed by atoms with Gasteiger partial charge in [0.05, 0.1) is 18.5 Å². The van der Waals surface area contributed by atoms with E-state index in [9.17, 15) is 4.79 Å². The smallest absolute Gasteiger partial charge is 0.273 e. The molecular weight excluding hydrogens is 220 g/mol. The van der Waals surface area contributed by atoms with Crippen LogP contribution in [0, 0.1) is 0 Å². The van der Waals surface area contributed by atoms with Gasteiger partial charge in [0.25, 0.3) is 5.91 Å². The van der Waals surface area contributed by atoms with Crippen LogP contribution in [0.3, 0.4) is 0 Å². The van der Waals surface area contributed by atoms with Gasteiger partial charge >= 0.3 is 0 Å². The molecule has 1 aliphatic heterocycles. The minimum atomic E-state index is -0.180. The van der Waals surface area contributed by atoms with E-state index in [0.29, 0.717) is 6.54 Å². The van der Waals surface area contributed by atoms with Crippen LogP contribution in [0.4, 0.5) is 5.82 Å². The van der Waals surface area contributed by atoms with Gasteiger partial charge in [-0.25, -0.2) is 4.98 Å². The zero-order chi connectivity index (χ0) is 12.3. The van der Waals surface area contributed by atoms with Gasteiger partial charge in [0.15, 0.2) is 0 Å². The lowest BCUT2D eigenvalue weighted by molar-refractivity contribution is 0.0582. The van der Waals surface area contributed by atoms with Crippen LogP contribution in [0.5, 0.6) is 0 Å². The summed E-state index contributed by atoms with van der Waals surface area (Å²) < 4.78 is 5.48. The first kappa shape index (κ1) is 11.8. The van der Waals surface area contributed by atoms with E-state index in [1.54, 1.807) is 11.9 Å². The maximum absolute atomic E-state index is 12.0. The van der Waals surface area contributed by atoms with Crippen molar-refractivity contribution in [2.24, 2.45) is 0 Å². The summed E-state index contributed by atoms with van der Waals surface area (Å²) in [6.45, 7) is 1.36. The highest BCUT2D eigenvalue weighted by Gasteiger charge is 2.21. The number of nitrogens with two attached hydrogens (primary N) is 1. The third-order valence-electron chi connectivity index (χ3n) is 2.72. The fourth-order valence-electron chi connectivity index (χ4n) is 1.86. The van der Waals surface area contributed by atoms with Gasteiger partial charge in [-0.1, -0.05) is 0 Å². The maximum Gasteiger partial charge on any atom is 0.273 e. The van der Waals surface area contributed by atoms with Crippen LogP contribution in [-0.4, -0.2) is 47.1 Å². The standard InChI is InChI=1S/C11H16N4O2/c1-15(7-8-3-2-4-17-8)11(16)9-5-13-6-10(12)14-9/h5-6,8H,2-4,7H2,1H3,(H2,12,14). The third kappa shape index (κ3) is 2.91. The second kappa shape index (κ2) is 5.09.